The Bertz CT molecular complexity index is 1400. The van der Waals surface area contributed by atoms with Crippen molar-refractivity contribution in [3.8, 4) is 5.75 Å². The van der Waals surface area contributed by atoms with Gasteiger partial charge >= 0.3 is 21.6 Å². The molecule has 0 N–H and O–H groups in total. The lowest BCUT2D eigenvalue weighted by Crippen LogP contribution is -2.42. The number of carbonyl (C=O) groups excluding carboxylic acids is 1. The van der Waals surface area contributed by atoms with Crippen molar-refractivity contribution in [3.63, 3.8) is 0 Å². The standard InChI is InChI=1S/C27H24F3NO5S/c1-18-16-21-17-23(36-37(33,34)27(28,29)30)13-14-24(21)26(31(18)22-6-4-3-5-7-22)20-11-8-19(9-12-20)10-15-25(32)35-2/h3-15,17-18,26H,16H2,1-2H3/b15-10+/t18-,26-/m1/s1. The molecule has 0 spiro atoms. The highest BCUT2D eigenvalue weighted by Crippen LogP contribution is 2.42. The minimum Gasteiger partial charge on any atom is -0.466 e. The van der Waals surface area contributed by atoms with Gasteiger partial charge in [-0.15, -0.1) is 0 Å². The molecule has 1 aliphatic heterocycles. The molecular weight excluding hydrogens is 507 g/mol. The SMILES string of the molecule is COC(=O)/C=C/c1ccc([C@@H]2c3ccc(OS(=O)(=O)C(F)(F)F)cc3C[C@@H](C)N2c2ccccc2)cc1. The van der Waals surface area contributed by atoms with Gasteiger partial charge in [0, 0.05) is 17.8 Å². The molecule has 0 bridgehead atoms. The first-order valence-corrected chi connectivity index (χ1v) is 12.7. The number of anilines is 1. The Morgan fingerprint density at radius 1 is 1.03 bits per heavy atom. The lowest BCUT2D eigenvalue weighted by Gasteiger charge is -2.44. The smallest absolute Gasteiger partial charge is 0.466 e. The predicted molar refractivity (Wildman–Crippen MR) is 133 cm³/mol. The van der Waals surface area contributed by atoms with Gasteiger partial charge in [0.25, 0.3) is 0 Å². The molecule has 1 aliphatic rings. The second kappa shape index (κ2) is 10.3. The number of hydrogen-bond donors (Lipinski definition) is 0. The van der Waals surface area contributed by atoms with Crippen LogP contribution in [0.3, 0.4) is 0 Å². The maximum atomic E-state index is 12.8. The van der Waals surface area contributed by atoms with E-state index in [9.17, 15) is 26.4 Å². The summed E-state index contributed by atoms with van der Waals surface area (Å²) in [5.74, 6) is -0.863. The Morgan fingerprint density at radius 3 is 2.32 bits per heavy atom. The van der Waals surface area contributed by atoms with Crippen LogP contribution in [0.5, 0.6) is 5.75 Å². The van der Waals surface area contributed by atoms with E-state index in [0.29, 0.717) is 12.0 Å². The molecule has 0 saturated carbocycles. The summed E-state index contributed by atoms with van der Waals surface area (Å²) in [5.41, 5.74) is -1.37. The normalized spacial score (nSPS) is 17.9. The molecule has 0 fully saturated rings. The summed E-state index contributed by atoms with van der Waals surface area (Å²) in [4.78, 5) is 13.6. The largest absolute Gasteiger partial charge is 0.534 e. The van der Waals surface area contributed by atoms with E-state index in [0.717, 1.165) is 22.4 Å². The van der Waals surface area contributed by atoms with E-state index in [2.05, 4.69) is 13.8 Å². The summed E-state index contributed by atoms with van der Waals surface area (Å²) >= 11 is 0. The number of esters is 1. The molecule has 1 heterocycles. The average molecular weight is 532 g/mol. The Morgan fingerprint density at radius 2 is 1.70 bits per heavy atom. The topological polar surface area (TPSA) is 72.9 Å². The summed E-state index contributed by atoms with van der Waals surface area (Å²) in [6.45, 7) is 2.00. The van der Waals surface area contributed by atoms with E-state index in [1.54, 1.807) is 12.1 Å². The van der Waals surface area contributed by atoms with Crippen molar-refractivity contribution in [1.82, 2.24) is 0 Å². The molecule has 10 heteroatoms. The number of halogens is 3. The molecule has 0 amide bonds. The summed E-state index contributed by atoms with van der Waals surface area (Å²) in [6.07, 6.45) is 3.41. The van der Waals surface area contributed by atoms with Crippen LogP contribution >= 0.6 is 0 Å². The molecule has 0 radical (unpaired) electrons. The molecular formula is C27H24F3NO5S. The summed E-state index contributed by atoms with van der Waals surface area (Å²) < 4.78 is 70.6. The van der Waals surface area contributed by atoms with E-state index in [1.807, 2.05) is 61.5 Å². The third-order valence-corrected chi connectivity index (χ3v) is 7.07. The Kier molecular flexibility index (Phi) is 7.31. The first-order valence-electron chi connectivity index (χ1n) is 11.3. The highest BCUT2D eigenvalue weighted by Gasteiger charge is 2.48. The molecule has 0 saturated heterocycles. The van der Waals surface area contributed by atoms with Crippen LogP contribution in [-0.2, 0) is 26.1 Å². The van der Waals surface area contributed by atoms with Crippen molar-refractivity contribution in [2.75, 3.05) is 12.0 Å². The van der Waals surface area contributed by atoms with E-state index in [-0.39, 0.29) is 12.1 Å². The molecule has 4 rings (SSSR count). The predicted octanol–water partition coefficient (Wildman–Crippen LogP) is 5.64. The van der Waals surface area contributed by atoms with Gasteiger partial charge < -0.3 is 13.8 Å². The summed E-state index contributed by atoms with van der Waals surface area (Å²) in [5, 5.41) is 0. The Labute approximate surface area is 213 Å². The summed E-state index contributed by atoms with van der Waals surface area (Å²) in [6, 6.07) is 21.1. The van der Waals surface area contributed by atoms with Gasteiger partial charge in [-0.2, -0.15) is 21.6 Å². The quantitative estimate of drug-likeness (QED) is 0.177. The molecule has 194 valence electrons. The van der Waals surface area contributed by atoms with Gasteiger partial charge in [0.2, 0.25) is 0 Å². The molecule has 0 aliphatic carbocycles. The van der Waals surface area contributed by atoms with Crippen molar-refractivity contribution >= 4 is 27.9 Å². The molecule has 37 heavy (non-hydrogen) atoms. The Balaban J connectivity index is 1.76. The van der Waals surface area contributed by atoms with Gasteiger partial charge in [-0.3, -0.25) is 0 Å². The van der Waals surface area contributed by atoms with Crippen LogP contribution in [0.4, 0.5) is 18.9 Å². The van der Waals surface area contributed by atoms with E-state index < -0.39 is 27.3 Å². The van der Waals surface area contributed by atoms with Crippen molar-refractivity contribution in [2.45, 2.75) is 30.9 Å². The fourth-order valence-corrected chi connectivity index (χ4v) is 4.89. The van der Waals surface area contributed by atoms with E-state index in [1.165, 1.54) is 25.3 Å². The monoisotopic (exact) mass is 531 g/mol. The zero-order chi connectivity index (χ0) is 26.8. The van der Waals surface area contributed by atoms with Crippen LogP contribution in [0, 0.1) is 0 Å². The highest BCUT2D eigenvalue weighted by molar-refractivity contribution is 7.88. The fraction of sp³-hybridized carbons (Fsp3) is 0.222. The highest BCUT2D eigenvalue weighted by atomic mass is 32.2. The number of alkyl halides is 3. The molecule has 2 atom stereocenters. The van der Waals surface area contributed by atoms with E-state index >= 15 is 0 Å². The first kappa shape index (κ1) is 26.3. The van der Waals surface area contributed by atoms with Gasteiger partial charge in [-0.05, 0) is 65.9 Å². The second-order valence-corrected chi connectivity index (χ2v) is 10.1. The minimum absolute atomic E-state index is 0.0757. The van der Waals surface area contributed by atoms with Crippen molar-refractivity contribution in [3.05, 3.63) is 101 Å². The maximum Gasteiger partial charge on any atom is 0.534 e. The van der Waals surface area contributed by atoms with Crippen LogP contribution in [-0.4, -0.2) is 33.0 Å². The number of carbonyl (C=O) groups is 1. The second-order valence-electron chi connectivity index (χ2n) is 8.57. The lowest BCUT2D eigenvalue weighted by atomic mass is 9.84. The van der Waals surface area contributed by atoms with Crippen LogP contribution < -0.4 is 9.08 Å². The lowest BCUT2D eigenvalue weighted by molar-refractivity contribution is -0.134. The first-order chi connectivity index (χ1) is 17.5. The van der Waals surface area contributed by atoms with Crippen LogP contribution in [0.15, 0.2) is 78.9 Å². The fourth-order valence-electron chi connectivity index (χ4n) is 4.44. The van der Waals surface area contributed by atoms with Crippen LogP contribution in [0.1, 0.15) is 35.2 Å². The molecule has 0 unspecified atom stereocenters. The minimum atomic E-state index is -5.78. The number of nitrogens with zero attached hydrogens (tertiary/aromatic N) is 1. The zero-order valence-corrected chi connectivity index (χ0v) is 20.8. The van der Waals surface area contributed by atoms with Gasteiger partial charge in [-0.1, -0.05) is 48.5 Å². The molecule has 6 nitrogen and oxygen atoms in total. The Hall–Kier alpha value is -3.79. The van der Waals surface area contributed by atoms with E-state index in [4.69, 9.17) is 0 Å². The van der Waals surface area contributed by atoms with Gasteiger partial charge in [0.15, 0.2) is 0 Å². The zero-order valence-electron chi connectivity index (χ0n) is 20.0. The van der Waals surface area contributed by atoms with Gasteiger partial charge in [0.1, 0.15) is 5.75 Å². The number of rotatable bonds is 6. The molecule has 3 aromatic carbocycles. The number of fused-ring (bicyclic) bond motifs is 1. The van der Waals surface area contributed by atoms with Crippen molar-refractivity contribution in [2.24, 2.45) is 0 Å². The maximum absolute atomic E-state index is 12.8. The molecule has 0 aromatic heterocycles. The van der Waals surface area contributed by atoms with Gasteiger partial charge in [0.05, 0.1) is 13.2 Å². The third-order valence-electron chi connectivity index (χ3n) is 6.09. The van der Waals surface area contributed by atoms with Gasteiger partial charge in [-0.25, -0.2) is 4.79 Å². The number of para-hydroxylation sites is 1. The molecule has 3 aromatic rings. The van der Waals surface area contributed by atoms with Crippen molar-refractivity contribution < 1.29 is 35.3 Å². The summed E-state index contributed by atoms with van der Waals surface area (Å²) in [7, 11) is -4.48. The van der Waals surface area contributed by atoms with Crippen LogP contribution in [0.2, 0.25) is 0 Å². The van der Waals surface area contributed by atoms with Crippen molar-refractivity contribution in [1.29, 1.82) is 0 Å². The number of benzene rings is 3. The third kappa shape index (κ3) is 5.64. The van der Waals surface area contributed by atoms with Crippen LogP contribution in [0.25, 0.3) is 6.08 Å². The number of methoxy groups -OCH3 is 1. The number of ether oxygens (including phenoxy) is 1. The average Bonchev–Trinajstić information content (AvgIpc) is 2.86. The number of hydrogen-bond acceptors (Lipinski definition) is 6.